The van der Waals surface area contributed by atoms with Crippen LogP contribution >= 0.6 is 23.4 Å². The number of thioether (sulfide) groups is 1. The molecule has 28 heavy (non-hydrogen) atoms. The van der Waals surface area contributed by atoms with Gasteiger partial charge in [0.15, 0.2) is 5.78 Å². The molecule has 0 aromatic heterocycles. The molecular formula is C23H19ClN2OS. The highest BCUT2D eigenvalue weighted by atomic mass is 35.5. The van der Waals surface area contributed by atoms with E-state index in [1.807, 2.05) is 42.5 Å². The van der Waals surface area contributed by atoms with Crippen molar-refractivity contribution in [3.8, 4) is 6.07 Å². The first kappa shape index (κ1) is 18.9. The van der Waals surface area contributed by atoms with Crippen molar-refractivity contribution in [1.82, 2.24) is 5.32 Å². The van der Waals surface area contributed by atoms with Gasteiger partial charge in [0, 0.05) is 28.5 Å². The molecule has 1 aliphatic carbocycles. The molecule has 1 atom stereocenters. The van der Waals surface area contributed by atoms with Gasteiger partial charge in [-0.1, -0.05) is 54.1 Å². The molecule has 0 radical (unpaired) electrons. The molecule has 2 aromatic carbocycles. The van der Waals surface area contributed by atoms with Crippen molar-refractivity contribution in [3.63, 3.8) is 0 Å². The molecule has 1 unspecified atom stereocenters. The smallest absolute Gasteiger partial charge is 0.161 e. The minimum Gasteiger partial charge on any atom is -0.352 e. The van der Waals surface area contributed by atoms with E-state index in [4.69, 9.17) is 11.6 Å². The molecule has 0 amide bonds. The quantitative estimate of drug-likeness (QED) is 0.707. The van der Waals surface area contributed by atoms with Gasteiger partial charge in [-0.25, -0.2) is 0 Å². The molecule has 1 aliphatic heterocycles. The summed E-state index contributed by atoms with van der Waals surface area (Å²) in [7, 11) is 0. The second-order valence-electron chi connectivity index (χ2n) is 6.91. The lowest BCUT2D eigenvalue weighted by Crippen LogP contribution is -2.31. The normalized spacial score (nSPS) is 19.1. The number of Topliss-reactive ketones (excluding diaryl/α,β-unsaturated/α-hetero) is 1. The van der Waals surface area contributed by atoms with Gasteiger partial charge >= 0.3 is 0 Å². The number of carbonyl (C=O) groups excluding carboxylic acids is 1. The van der Waals surface area contributed by atoms with Crippen LogP contribution in [0.15, 0.2) is 76.5 Å². The summed E-state index contributed by atoms with van der Waals surface area (Å²) in [6.07, 6.45) is 2.21. The molecule has 2 aromatic rings. The molecule has 140 valence electrons. The minimum atomic E-state index is -0.329. The number of carbonyl (C=O) groups is 1. The maximum Gasteiger partial charge on any atom is 0.161 e. The third-order valence-electron chi connectivity index (χ3n) is 5.09. The van der Waals surface area contributed by atoms with Crippen LogP contribution in [0.5, 0.6) is 0 Å². The second-order valence-corrected chi connectivity index (χ2v) is 8.33. The van der Waals surface area contributed by atoms with E-state index in [0.29, 0.717) is 17.0 Å². The summed E-state index contributed by atoms with van der Waals surface area (Å²) in [5.74, 6) is 0.566. The third-order valence-corrected chi connectivity index (χ3v) is 6.43. The average Bonchev–Trinajstić information content (AvgIpc) is 2.73. The number of halogens is 1. The molecule has 0 saturated carbocycles. The van der Waals surface area contributed by atoms with E-state index in [-0.39, 0.29) is 11.7 Å². The molecule has 4 rings (SSSR count). The Kier molecular flexibility index (Phi) is 5.57. The SMILES string of the molecule is N#CC1=C(SCc2ccccc2)NC2=C(C(=O)CCC2)C1c1ccc(Cl)cc1. The molecule has 0 fully saturated rings. The zero-order valence-corrected chi connectivity index (χ0v) is 16.8. The number of allylic oxidation sites excluding steroid dienone is 3. The van der Waals surface area contributed by atoms with Crippen LogP contribution in [-0.2, 0) is 10.5 Å². The molecule has 3 nitrogen and oxygen atoms in total. The fraction of sp³-hybridized carbons (Fsp3) is 0.217. The van der Waals surface area contributed by atoms with Gasteiger partial charge in [-0.3, -0.25) is 4.79 Å². The van der Waals surface area contributed by atoms with Crippen molar-refractivity contribution in [2.75, 3.05) is 0 Å². The monoisotopic (exact) mass is 406 g/mol. The van der Waals surface area contributed by atoms with E-state index >= 15 is 0 Å². The number of ketones is 1. The molecule has 5 heteroatoms. The summed E-state index contributed by atoms with van der Waals surface area (Å²) in [6.45, 7) is 0. The Morgan fingerprint density at radius 2 is 1.86 bits per heavy atom. The lowest BCUT2D eigenvalue weighted by molar-refractivity contribution is -0.116. The minimum absolute atomic E-state index is 0.133. The van der Waals surface area contributed by atoms with Crippen molar-refractivity contribution in [2.45, 2.75) is 30.9 Å². The fourth-order valence-electron chi connectivity index (χ4n) is 3.76. The molecule has 0 bridgehead atoms. The fourth-order valence-corrected chi connectivity index (χ4v) is 4.90. The zero-order valence-electron chi connectivity index (χ0n) is 15.2. The highest BCUT2D eigenvalue weighted by Gasteiger charge is 2.36. The van der Waals surface area contributed by atoms with Crippen molar-refractivity contribution in [2.24, 2.45) is 0 Å². The van der Waals surface area contributed by atoms with E-state index in [0.717, 1.165) is 40.5 Å². The number of dihydropyridines is 1. The topological polar surface area (TPSA) is 52.9 Å². The van der Waals surface area contributed by atoms with Crippen LogP contribution in [0.4, 0.5) is 0 Å². The van der Waals surface area contributed by atoms with E-state index in [9.17, 15) is 10.1 Å². The predicted molar refractivity (Wildman–Crippen MR) is 114 cm³/mol. The van der Waals surface area contributed by atoms with Gasteiger partial charge in [-0.05, 0) is 36.1 Å². The van der Waals surface area contributed by atoms with Gasteiger partial charge in [0.25, 0.3) is 0 Å². The van der Waals surface area contributed by atoms with Crippen LogP contribution in [0.2, 0.25) is 5.02 Å². The number of benzene rings is 2. The van der Waals surface area contributed by atoms with Crippen LogP contribution in [0, 0.1) is 11.3 Å². The lowest BCUT2D eigenvalue weighted by atomic mass is 9.77. The standard InChI is InChI=1S/C23H19ClN2OS/c24-17-11-9-16(10-12-17)21-18(13-25)23(28-14-15-5-2-1-3-6-15)26-19-7-4-8-20(27)22(19)21/h1-3,5-6,9-12,21,26H,4,7-8,14H2. The van der Waals surface area contributed by atoms with Gasteiger partial charge in [0.2, 0.25) is 0 Å². The number of nitrogens with one attached hydrogen (secondary N) is 1. The Labute approximate surface area is 174 Å². The highest BCUT2D eigenvalue weighted by molar-refractivity contribution is 8.02. The summed E-state index contributed by atoms with van der Waals surface area (Å²) in [5.41, 5.74) is 4.45. The van der Waals surface area contributed by atoms with Crippen LogP contribution in [0.25, 0.3) is 0 Å². The summed E-state index contributed by atoms with van der Waals surface area (Å²) < 4.78 is 0. The lowest BCUT2D eigenvalue weighted by Gasteiger charge is -2.33. The first-order valence-corrected chi connectivity index (χ1v) is 10.6. The Hall–Kier alpha value is -2.48. The first-order chi connectivity index (χ1) is 13.7. The molecular weight excluding hydrogens is 388 g/mol. The van der Waals surface area contributed by atoms with Crippen molar-refractivity contribution >= 4 is 29.1 Å². The van der Waals surface area contributed by atoms with Gasteiger partial charge in [0.1, 0.15) is 0 Å². The summed E-state index contributed by atoms with van der Waals surface area (Å²) in [6, 6.07) is 20.0. The van der Waals surface area contributed by atoms with Crippen molar-refractivity contribution in [3.05, 3.63) is 92.6 Å². The predicted octanol–water partition coefficient (Wildman–Crippen LogP) is 5.70. The van der Waals surface area contributed by atoms with Gasteiger partial charge < -0.3 is 5.32 Å². The van der Waals surface area contributed by atoms with Crippen LogP contribution in [0.3, 0.4) is 0 Å². The highest BCUT2D eigenvalue weighted by Crippen LogP contribution is 2.44. The molecule has 2 aliphatic rings. The molecule has 1 N–H and O–H groups in total. The van der Waals surface area contributed by atoms with Crippen molar-refractivity contribution < 1.29 is 4.79 Å². The first-order valence-electron chi connectivity index (χ1n) is 9.27. The Morgan fingerprint density at radius 1 is 1.11 bits per heavy atom. The maximum atomic E-state index is 12.8. The van der Waals surface area contributed by atoms with E-state index in [2.05, 4.69) is 23.5 Å². The van der Waals surface area contributed by atoms with Gasteiger partial charge in [-0.2, -0.15) is 5.26 Å². The van der Waals surface area contributed by atoms with E-state index in [1.165, 1.54) is 5.56 Å². The number of hydrogen-bond donors (Lipinski definition) is 1. The Balaban J connectivity index is 1.75. The summed E-state index contributed by atoms with van der Waals surface area (Å²) >= 11 is 7.68. The average molecular weight is 407 g/mol. The number of rotatable bonds is 4. The maximum absolute atomic E-state index is 12.8. The molecule has 1 heterocycles. The largest absolute Gasteiger partial charge is 0.352 e. The number of hydrogen-bond acceptors (Lipinski definition) is 4. The summed E-state index contributed by atoms with van der Waals surface area (Å²) in [5, 5.41) is 14.9. The van der Waals surface area contributed by atoms with Gasteiger partial charge in [-0.15, -0.1) is 11.8 Å². The molecule has 0 spiro atoms. The van der Waals surface area contributed by atoms with Gasteiger partial charge in [0.05, 0.1) is 22.6 Å². The number of nitrogens with zero attached hydrogens (tertiary/aromatic N) is 1. The summed E-state index contributed by atoms with van der Waals surface area (Å²) in [4.78, 5) is 12.8. The van der Waals surface area contributed by atoms with Crippen LogP contribution < -0.4 is 5.32 Å². The Morgan fingerprint density at radius 3 is 2.57 bits per heavy atom. The second kappa shape index (κ2) is 8.26. The van der Waals surface area contributed by atoms with Crippen LogP contribution in [-0.4, -0.2) is 5.78 Å². The van der Waals surface area contributed by atoms with E-state index < -0.39 is 0 Å². The Bertz CT molecular complexity index is 1000. The van der Waals surface area contributed by atoms with E-state index in [1.54, 1.807) is 11.8 Å². The third kappa shape index (κ3) is 3.73. The number of nitriles is 1. The molecule has 0 saturated heterocycles. The zero-order chi connectivity index (χ0) is 19.5. The van der Waals surface area contributed by atoms with Crippen LogP contribution in [0.1, 0.15) is 36.3 Å². The van der Waals surface area contributed by atoms with Crippen molar-refractivity contribution in [1.29, 1.82) is 5.26 Å².